The van der Waals surface area contributed by atoms with Crippen LogP contribution in [-0.4, -0.2) is 69.9 Å². The molecule has 2 rings (SSSR count). The third-order valence-corrected chi connectivity index (χ3v) is 5.90. The minimum absolute atomic E-state index is 0.0367. The van der Waals surface area contributed by atoms with Gasteiger partial charge < -0.3 is 26.3 Å². The van der Waals surface area contributed by atoms with Crippen LogP contribution in [0.4, 0.5) is 4.79 Å². The van der Waals surface area contributed by atoms with Crippen LogP contribution in [0.2, 0.25) is 0 Å². The molecule has 0 aromatic carbocycles. The van der Waals surface area contributed by atoms with Gasteiger partial charge in [0.25, 0.3) is 5.56 Å². The summed E-state index contributed by atoms with van der Waals surface area (Å²) in [5, 5.41) is 5.42. The highest BCUT2D eigenvalue weighted by molar-refractivity contribution is 7.98. The summed E-state index contributed by atoms with van der Waals surface area (Å²) < 4.78 is 0. The first kappa shape index (κ1) is 24.5. The zero-order chi connectivity index (χ0) is 23.0. The van der Waals surface area contributed by atoms with E-state index in [0.29, 0.717) is 25.3 Å². The molecule has 2 heterocycles. The van der Waals surface area contributed by atoms with E-state index in [1.54, 1.807) is 16.7 Å². The predicted octanol–water partition coefficient (Wildman–Crippen LogP) is -0.861. The molecule has 1 saturated heterocycles. The fourth-order valence-electron chi connectivity index (χ4n) is 3.71. The molecule has 1 fully saturated rings. The highest BCUT2D eigenvalue weighted by Gasteiger charge is 2.32. The van der Waals surface area contributed by atoms with Crippen molar-refractivity contribution in [1.29, 1.82) is 0 Å². The lowest BCUT2D eigenvalue weighted by molar-refractivity contribution is -0.135. The number of nitrogens with zero attached hydrogens (tertiary/aromatic N) is 1. The first-order valence-electron chi connectivity index (χ1n) is 10.1. The number of nitrogens with one attached hydrogen (secondary N) is 4. The maximum absolute atomic E-state index is 12.9. The first-order chi connectivity index (χ1) is 14.7. The van der Waals surface area contributed by atoms with Crippen LogP contribution in [0, 0.1) is 5.92 Å². The average Bonchev–Trinajstić information content (AvgIpc) is 2.69. The Morgan fingerprint density at radius 3 is 2.68 bits per heavy atom. The molecular weight excluding hydrogens is 424 g/mol. The number of aromatic amines is 2. The molecule has 31 heavy (non-hydrogen) atoms. The third kappa shape index (κ3) is 7.78. The topological polar surface area (TPSA) is 170 Å². The van der Waals surface area contributed by atoms with Gasteiger partial charge in [0.1, 0.15) is 6.04 Å². The summed E-state index contributed by atoms with van der Waals surface area (Å²) in [6.45, 7) is 2.91. The Kier molecular flexibility index (Phi) is 9.16. The van der Waals surface area contributed by atoms with E-state index >= 15 is 0 Å². The van der Waals surface area contributed by atoms with Gasteiger partial charge in [-0.05, 0) is 44.1 Å². The normalized spacial score (nSPS) is 18.1. The second-order valence-electron chi connectivity index (χ2n) is 7.68. The number of hydrogen-bond acceptors (Lipinski definition) is 6. The number of rotatable bonds is 9. The van der Waals surface area contributed by atoms with Crippen LogP contribution in [0.25, 0.3) is 0 Å². The first-order valence-corrected chi connectivity index (χ1v) is 11.5. The zero-order valence-electron chi connectivity index (χ0n) is 17.7. The number of H-pyrrole nitrogens is 2. The Bertz CT molecular complexity index is 872. The molecule has 3 atom stereocenters. The van der Waals surface area contributed by atoms with Crippen LogP contribution >= 0.6 is 11.8 Å². The number of aromatic nitrogens is 2. The standard InChI is InChI=1S/C19H30N6O5S/c1-11(21-15(26)8-13-9-16(27)24-19(30)22-13)12-4-3-6-25(10-12)17(28)14(5-7-31-2)23-18(20)29/h9,11-12,14H,3-8,10H2,1-2H3,(H,21,26)(H3,20,23,29)(H2,22,24,27,30)/t11?,12?,14-/m0/s1. The van der Waals surface area contributed by atoms with Gasteiger partial charge in [0.15, 0.2) is 0 Å². The molecule has 0 radical (unpaired) electrons. The van der Waals surface area contributed by atoms with Crippen LogP contribution in [0.15, 0.2) is 15.7 Å². The van der Waals surface area contributed by atoms with Crippen LogP contribution in [-0.2, 0) is 16.0 Å². The van der Waals surface area contributed by atoms with Gasteiger partial charge in [0.05, 0.1) is 6.42 Å². The molecule has 0 bridgehead atoms. The molecule has 2 unspecified atom stereocenters. The number of amides is 4. The average molecular weight is 455 g/mol. The third-order valence-electron chi connectivity index (χ3n) is 5.26. The molecule has 1 aromatic heterocycles. The molecular formula is C19H30N6O5S. The number of piperidine rings is 1. The summed E-state index contributed by atoms with van der Waals surface area (Å²) >= 11 is 1.58. The molecule has 1 aromatic rings. The Morgan fingerprint density at radius 2 is 2.03 bits per heavy atom. The lowest BCUT2D eigenvalue weighted by atomic mass is 9.91. The van der Waals surface area contributed by atoms with Crippen LogP contribution in [0.5, 0.6) is 0 Å². The van der Waals surface area contributed by atoms with Crippen molar-refractivity contribution in [2.24, 2.45) is 11.7 Å². The van der Waals surface area contributed by atoms with Gasteiger partial charge in [-0.2, -0.15) is 11.8 Å². The second-order valence-corrected chi connectivity index (χ2v) is 8.66. The molecule has 0 saturated carbocycles. The number of likely N-dealkylation sites (tertiary alicyclic amines) is 1. The van der Waals surface area contributed by atoms with Crippen molar-refractivity contribution in [3.8, 4) is 0 Å². The summed E-state index contributed by atoms with van der Waals surface area (Å²) in [5.74, 6) is 0.252. The minimum atomic E-state index is -0.730. The van der Waals surface area contributed by atoms with E-state index in [1.165, 1.54) is 6.07 Å². The van der Waals surface area contributed by atoms with Crippen LogP contribution in [0.1, 0.15) is 31.9 Å². The number of carbonyl (C=O) groups excluding carboxylic acids is 3. The second kappa shape index (κ2) is 11.6. The zero-order valence-corrected chi connectivity index (χ0v) is 18.5. The van der Waals surface area contributed by atoms with E-state index in [9.17, 15) is 24.0 Å². The Balaban J connectivity index is 1.95. The van der Waals surface area contributed by atoms with Crippen molar-refractivity contribution >= 4 is 29.6 Å². The number of thioether (sulfide) groups is 1. The SMILES string of the molecule is CSCC[C@H](NC(N)=O)C(=O)N1CCCC(C(C)NC(=O)Cc2cc(=O)[nH]c(=O)[nH]2)C1. The summed E-state index contributed by atoms with van der Waals surface area (Å²) in [6.07, 6.45) is 3.91. The number of nitrogens with two attached hydrogens (primary N) is 1. The van der Waals surface area contributed by atoms with Gasteiger partial charge >= 0.3 is 11.7 Å². The number of primary amides is 1. The minimum Gasteiger partial charge on any atom is -0.353 e. The highest BCUT2D eigenvalue weighted by atomic mass is 32.2. The van der Waals surface area contributed by atoms with Crippen molar-refractivity contribution < 1.29 is 14.4 Å². The van der Waals surface area contributed by atoms with Gasteiger partial charge in [0.2, 0.25) is 11.8 Å². The van der Waals surface area contributed by atoms with E-state index in [2.05, 4.69) is 20.6 Å². The molecule has 11 nitrogen and oxygen atoms in total. The summed E-state index contributed by atoms with van der Waals surface area (Å²) in [6, 6.07) is -0.439. The lowest BCUT2D eigenvalue weighted by Gasteiger charge is -2.37. The Morgan fingerprint density at radius 1 is 1.29 bits per heavy atom. The van der Waals surface area contributed by atoms with Crippen LogP contribution in [0.3, 0.4) is 0 Å². The monoisotopic (exact) mass is 454 g/mol. The van der Waals surface area contributed by atoms with E-state index in [-0.39, 0.29) is 35.9 Å². The smallest absolute Gasteiger partial charge is 0.325 e. The molecule has 6 N–H and O–H groups in total. The molecule has 1 aliphatic heterocycles. The quantitative estimate of drug-likeness (QED) is 0.325. The van der Waals surface area contributed by atoms with E-state index in [4.69, 9.17) is 5.73 Å². The Labute approximate surface area is 183 Å². The molecule has 0 spiro atoms. The van der Waals surface area contributed by atoms with E-state index in [1.807, 2.05) is 13.2 Å². The van der Waals surface area contributed by atoms with E-state index < -0.39 is 23.3 Å². The van der Waals surface area contributed by atoms with Crippen molar-refractivity contribution in [2.45, 2.75) is 44.7 Å². The molecule has 4 amide bonds. The summed E-state index contributed by atoms with van der Waals surface area (Å²) in [5.41, 5.74) is 4.23. The lowest BCUT2D eigenvalue weighted by Crippen LogP contribution is -2.54. The number of urea groups is 1. The fourth-order valence-corrected chi connectivity index (χ4v) is 4.19. The van der Waals surface area contributed by atoms with Crippen LogP contribution < -0.4 is 27.6 Å². The van der Waals surface area contributed by atoms with Gasteiger partial charge in [-0.1, -0.05) is 0 Å². The largest absolute Gasteiger partial charge is 0.353 e. The van der Waals surface area contributed by atoms with Crippen molar-refractivity contribution in [2.75, 3.05) is 25.1 Å². The van der Waals surface area contributed by atoms with Gasteiger partial charge in [-0.25, -0.2) is 9.59 Å². The van der Waals surface area contributed by atoms with Gasteiger partial charge in [-0.3, -0.25) is 19.4 Å². The maximum atomic E-state index is 12.9. The molecule has 172 valence electrons. The maximum Gasteiger partial charge on any atom is 0.325 e. The molecule has 12 heteroatoms. The summed E-state index contributed by atoms with van der Waals surface area (Å²) in [4.78, 5) is 65.5. The molecule has 1 aliphatic rings. The van der Waals surface area contributed by atoms with Gasteiger partial charge in [0, 0.05) is 30.9 Å². The van der Waals surface area contributed by atoms with Crippen molar-refractivity contribution in [1.82, 2.24) is 25.5 Å². The van der Waals surface area contributed by atoms with Crippen molar-refractivity contribution in [3.05, 3.63) is 32.6 Å². The summed E-state index contributed by atoms with van der Waals surface area (Å²) in [7, 11) is 0. The fraction of sp³-hybridized carbons (Fsp3) is 0.632. The number of carbonyl (C=O) groups is 3. The van der Waals surface area contributed by atoms with Gasteiger partial charge in [-0.15, -0.1) is 0 Å². The number of hydrogen-bond donors (Lipinski definition) is 5. The van der Waals surface area contributed by atoms with E-state index in [0.717, 1.165) is 12.8 Å². The van der Waals surface area contributed by atoms with Crippen molar-refractivity contribution in [3.63, 3.8) is 0 Å². The Hall–Kier alpha value is -2.76. The predicted molar refractivity (Wildman–Crippen MR) is 118 cm³/mol. The highest BCUT2D eigenvalue weighted by Crippen LogP contribution is 2.21. The molecule has 0 aliphatic carbocycles.